The third kappa shape index (κ3) is 2.38. The van der Waals surface area contributed by atoms with E-state index in [2.05, 4.69) is 10.2 Å². The van der Waals surface area contributed by atoms with Gasteiger partial charge in [-0.2, -0.15) is 0 Å². The lowest BCUT2D eigenvalue weighted by atomic mass is 9.81. The van der Waals surface area contributed by atoms with Crippen molar-refractivity contribution in [3.63, 3.8) is 0 Å². The first-order valence-corrected chi connectivity index (χ1v) is 4.97. The molecule has 0 atom stereocenters. The Morgan fingerprint density at radius 1 is 1.23 bits per heavy atom. The molecule has 0 radical (unpaired) electrons. The van der Waals surface area contributed by atoms with Crippen molar-refractivity contribution in [3.05, 3.63) is 0 Å². The summed E-state index contributed by atoms with van der Waals surface area (Å²) in [5.41, 5.74) is 0. The third-order valence-electron chi connectivity index (χ3n) is 2.90. The van der Waals surface area contributed by atoms with E-state index in [0.29, 0.717) is 0 Å². The number of halogens is 2. The smallest absolute Gasteiger partial charge is 0.248 e. The molecule has 0 unspecified atom stereocenters. The first kappa shape index (κ1) is 9.34. The maximum atomic E-state index is 12.5. The number of alkyl halides is 2. The highest BCUT2D eigenvalue weighted by molar-refractivity contribution is 4.88. The van der Waals surface area contributed by atoms with Crippen molar-refractivity contribution in [1.29, 1.82) is 0 Å². The van der Waals surface area contributed by atoms with E-state index < -0.39 is 5.92 Å². The first-order chi connectivity index (χ1) is 6.16. The summed E-state index contributed by atoms with van der Waals surface area (Å²) in [6, 6.07) is 0. The van der Waals surface area contributed by atoms with Gasteiger partial charge in [0.05, 0.1) is 0 Å². The molecule has 0 amide bonds. The summed E-state index contributed by atoms with van der Waals surface area (Å²) in [6.07, 6.45) is 0.216. The molecule has 2 rings (SSSR count). The van der Waals surface area contributed by atoms with Crippen molar-refractivity contribution in [2.24, 2.45) is 5.92 Å². The van der Waals surface area contributed by atoms with Gasteiger partial charge in [-0.25, -0.2) is 8.78 Å². The van der Waals surface area contributed by atoms with Crippen LogP contribution in [0.3, 0.4) is 0 Å². The van der Waals surface area contributed by atoms with Crippen LogP contribution in [0.5, 0.6) is 0 Å². The van der Waals surface area contributed by atoms with Crippen LogP contribution in [0, 0.1) is 5.92 Å². The van der Waals surface area contributed by atoms with Gasteiger partial charge >= 0.3 is 0 Å². The minimum atomic E-state index is -2.35. The first-order valence-electron chi connectivity index (χ1n) is 4.97. The average Bonchev–Trinajstić information content (AvgIpc) is 2.03. The van der Waals surface area contributed by atoms with Crippen molar-refractivity contribution in [3.8, 4) is 0 Å². The molecule has 1 heterocycles. The van der Waals surface area contributed by atoms with Crippen LogP contribution in [0.25, 0.3) is 0 Å². The van der Waals surface area contributed by atoms with Gasteiger partial charge in [-0.3, -0.25) is 0 Å². The van der Waals surface area contributed by atoms with Crippen LogP contribution in [0.1, 0.15) is 12.8 Å². The number of hydrogen-bond donors (Lipinski definition) is 1. The van der Waals surface area contributed by atoms with Gasteiger partial charge in [0.2, 0.25) is 5.92 Å². The van der Waals surface area contributed by atoms with Gasteiger partial charge in [0.15, 0.2) is 0 Å². The molecular weight excluding hydrogens is 174 g/mol. The highest BCUT2D eigenvalue weighted by Crippen LogP contribution is 2.42. The second-order valence-electron chi connectivity index (χ2n) is 4.18. The maximum absolute atomic E-state index is 12.5. The van der Waals surface area contributed by atoms with E-state index in [9.17, 15) is 8.78 Å². The molecular formula is C9H16F2N2. The molecule has 13 heavy (non-hydrogen) atoms. The summed E-state index contributed by atoms with van der Waals surface area (Å²) < 4.78 is 25.0. The molecule has 1 N–H and O–H groups in total. The van der Waals surface area contributed by atoms with E-state index in [-0.39, 0.29) is 18.8 Å². The van der Waals surface area contributed by atoms with Crippen LogP contribution in [-0.4, -0.2) is 43.5 Å². The Balaban J connectivity index is 1.68. The number of nitrogens with one attached hydrogen (secondary N) is 1. The van der Waals surface area contributed by atoms with Crippen LogP contribution >= 0.6 is 0 Å². The Morgan fingerprint density at radius 2 is 1.85 bits per heavy atom. The molecule has 2 nitrogen and oxygen atoms in total. The monoisotopic (exact) mass is 190 g/mol. The molecule has 1 aliphatic carbocycles. The fourth-order valence-corrected chi connectivity index (χ4v) is 2.17. The fraction of sp³-hybridized carbons (Fsp3) is 1.00. The van der Waals surface area contributed by atoms with Gasteiger partial charge in [0.1, 0.15) is 0 Å². The summed E-state index contributed by atoms with van der Waals surface area (Å²) in [6.45, 7) is 4.91. The Morgan fingerprint density at radius 3 is 2.38 bits per heavy atom. The molecule has 76 valence electrons. The number of piperazine rings is 1. The van der Waals surface area contributed by atoms with Gasteiger partial charge in [-0.15, -0.1) is 0 Å². The lowest BCUT2D eigenvalue weighted by molar-refractivity contribution is -0.116. The van der Waals surface area contributed by atoms with Crippen LogP contribution in [0.2, 0.25) is 0 Å². The summed E-state index contributed by atoms with van der Waals surface area (Å²) in [7, 11) is 0. The van der Waals surface area contributed by atoms with E-state index in [0.717, 1.165) is 32.7 Å². The van der Waals surface area contributed by atoms with E-state index in [1.165, 1.54) is 0 Å². The minimum absolute atomic E-state index is 0.108. The standard InChI is InChI=1S/C9H16F2N2/c10-9(11)5-8(6-9)7-13-3-1-12-2-4-13/h8,12H,1-7H2. The summed E-state index contributed by atoms with van der Waals surface area (Å²) in [5.74, 6) is -2.10. The predicted molar refractivity (Wildman–Crippen MR) is 47.0 cm³/mol. The van der Waals surface area contributed by atoms with E-state index in [1.54, 1.807) is 0 Å². The number of hydrogen-bond acceptors (Lipinski definition) is 2. The van der Waals surface area contributed by atoms with E-state index in [1.807, 2.05) is 0 Å². The molecule has 1 saturated carbocycles. The second kappa shape index (κ2) is 3.50. The largest absolute Gasteiger partial charge is 0.314 e. The fourth-order valence-electron chi connectivity index (χ4n) is 2.17. The molecule has 1 saturated heterocycles. The number of nitrogens with zero attached hydrogens (tertiary/aromatic N) is 1. The zero-order valence-electron chi connectivity index (χ0n) is 7.73. The molecule has 0 aromatic heterocycles. The summed E-state index contributed by atoms with van der Waals surface area (Å²) in [4.78, 5) is 2.29. The molecule has 0 spiro atoms. The SMILES string of the molecule is FC1(F)CC(CN2CCNCC2)C1. The van der Waals surface area contributed by atoms with Gasteiger partial charge < -0.3 is 10.2 Å². The van der Waals surface area contributed by atoms with Crippen molar-refractivity contribution in [2.75, 3.05) is 32.7 Å². The Hall–Kier alpha value is -0.220. The molecule has 0 aromatic rings. The van der Waals surface area contributed by atoms with Crippen molar-refractivity contribution in [2.45, 2.75) is 18.8 Å². The Kier molecular flexibility index (Phi) is 2.51. The highest BCUT2D eigenvalue weighted by Gasteiger charge is 2.45. The molecule has 0 bridgehead atoms. The normalized spacial score (nSPS) is 30.0. The van der Waals surface area contributed by atoms with Crippen LogP contribution in [0.4, 0.5) is 8.78 Å². The van der Waals surface area contributed by atoms with Gasteiger partial charge in [0, 0.05) is 45.6 Å². The quantitative estimate of drug-likeness (QED) is 0.697. The van der Waals surface area contributed by atoms with E-state index >= 15 is 0 Å². The average molecular weight is 190 g/mol. The van der Waals surface area contributed by atoms with E-state index in [4.69, 9.17) is 0 Å². The summed E-state index contributed by atoms with van der Waals surface area (Å²) >= 11 is 0. The molecule has 1 aliphatic heterocycles. The molecule has 4 heteroatoms. The summed E-state index contributed by atoms with van der Waals surface area (Å²) in [5, 5.41) is 3.25. The Bertz CT molecular complexity index is 170. The Labute approximate surface area is 77.3 Å². The zero-order chi connectivity index (χ0) is 9.31. The van der Waals surface area contributed by atoms with Crippen molar-refractivity contribution >= 4 is 0 Å². The van der Waals surface area contributed by atoms with Crippen LogP contribution in [-0.2, 0) is 0 Å². The van der Waals surface area contributed by atoms with Crippen LogP contribution in [0.15, 0.2) is 0 Å². The highest BCUT2D eigenvalue weighted by atomic mass is 19.3. The van der Waals surface area contributed by atoms with Crippen molar-refractivity contribution < 1.29 is 8.78 Å². The van der Waals surface area contributed by atoms with Gasteiger partial charge in [-0.05, 0) is 5.92 Å². The molecule has 0 aromatic carbocycles. The molecule has 2 fully saturated rings. The van der Waals surface area contributed by atoms with Gasteiger partial charge in [0.25, 0.3) is 0 Å². The topological polar surface area (TPSA) is 15.3 Å². The number of rotatable bonds is 2. The molecule has 2 aliphatic rings. The lowest BCUT2D eigenvalue weighted by Crippen LogP contribution is -2.49. The second-order valence-corrected chi connectivity index (χ2v) is 4.18. The van der Waals surface area contributed by atoms with Crippen molar-refractivity contribution in [1.82, 2.24) is 10.2 Å². The predicted octanol–water partition coefficient (Wildman–Crippen LogP) is 0.937. The maximum Gasteiger partial charge on any atom is 0.248 e. The zero-order valence-corrected chi connectivity index (χ0v) is 7.73. The third-order valence-corrected chi connectivity index (χ3v) is 2.90. The lowest BCUT2D eigenvalue weighted by Gasteiger charge is -2.39. The van der Waals surface area contributed by atoms with Crippen LogP contribution < -0.4 is 5.32 Å². The minimum Gasteiger partial charge on any atom is -0.314 e. The van der Waals surface area contributed by atoms with Gasteiger partial charge in [-0.1, -0.05) is 0 Å².